The predicted octanol–water partition coefficient (Wildman–Crippen LogP) is 3.45. The first kappa shape index (κ1) is 20.9. The van der Waals surface area contributed by atoms with Crippen LogP contribution in [-0.4, -0.2) is 32.5 Å². The lowest BCUT2D eigenvalue weighted by Gasteiger charge is -2.11. The van der Waals surface area contributed by atoms with E-state index in [0.717, 1.165) is 0 Å². The summed E-state index contributed by atoms with van der Waals surface area (Å²) in [7, 11) is -2.44. The topological polar surface area (TPSA) is 122 Å². The van der Waals surface area contributed by atoms with Crippen molar-refractivity contribution in [1.29, 1.82) is 0 Å². The molecule has 3 aromatic carbocycles. The van der Waals surface area contributed by atoms with Gasteiger partial charge in [-0.3, -0.25) is 9.52 Å². The van der Waals surface area contributed by atoms with Gasteiger partial charge in [-0.25, -0.2) is 13.2 Å². The molecule has 8 nitrogen and oxygen atoms in total. The summed E-state index contributed by atoms with van der Waals surface area (Å²) in [6.45, 7) is 0. The number of carbonyl (C=O) groups is 2. The van der Waals surface area contributed by atoms with E-state index in [1.807, 2.05) is 0 Å². The number of hydrogen-bond acceptors (Lipinski definition) is 5. The van der Waals surface area contributed by atoms with Crippen LogP contribution in [0.3, 0.4) is 0 Å². The molecule has 0 saturated carbocycles. The Morgan fingerprint density at radius 2 is 1.57 bits per heavy atom. The van der Waals surface area contributed by atoms with Gasteiger partial charge in [0, 0.05) is 23.0 Å². The fraction of sp³-hybridized carbons (Fsp3) is 0.0476. The average Bonchev–Trinajstić information content (AvgIpc) is 2.74. The molecular weight excluding hydrogens is 408 g/mol. The van der Waals surface area contributed by atoms with Gasteiger partial charge >= 0.3 is 5.97 Å². The Morgan fingerprint density at radius 1 is 0.867 bits per heavy atom. The standard InChI is InChI=1S/C21H18N2O6S/c1-29-18-6-3-7-19(13-18)30(27,28)23-17-5-2-4-15(12-17)20(24)22-16-10-8-14(9-11-16)21(25)26/h2-13,23H,1H3,(H,22,24)(H,25,26). The van der Waals surface area contributed by atoms with Gasteiger partial charge in [0.2, 0.25) is 0 Å². The number of amides is 1. The molecule has 1 amide bonds. The van der Waals surface area contributed by atoms with E-state index in [-0.39, 0.29) is 21.7 Å². The van der Waals surface area contributed by atoms with Crippen LogP contribution in [0.25, 0.3) is 0 Å². The minimum Gasteiger partial charge on any atom is -0.497 e. The fourth-order valence-electron chi connectivity index (χ4n) is 2.61. The maximum Gasteiger partial charge on any atom is 0.335 e. The van der Waals surface area contributed by atoms with Crippen LogP contribution in [0.5, 0.6) is 5.75 Å². The first-order valence-corrected chi connectivity index (χ1v) is 10.2. The molecule has 30 heavy (non-hydrogen) atoms. The molecule has 0 aliphatic heterocycles. The number of aromatic carboxylic acids is 1. The summed E-state index contributed by atoms with van der Waals surface area (Å²) in [5, 5.41) is 11.6. The maximum absolute atomic E-state index is 12.6. The van der Waals surface area contributed by atoms with E-state index in [9.17, 15) is 18.0 Å². The summed E-state index contributed by atoms with van der Waals surface area (Å²) < 4.78 is 32.7. The van der Waals surface area contributed by atoms with E-state index in [0.29, 0.717) is 11.4 Å². The van der Waals surface area contributed by atoms with Gasteiger partial charge in [0.25, 0.3) is 15.9 Å². The Balaban J connectivity index is 1.76. The highest BCUT2D eigenvalue weighted by molar-refractivity contribution is 7.92. The molecule has 0 heterocycles. The number of ether oxygens (including phenoxy) is 1. The Labute approximate surface area is 173 Å². The molecule has 0 spiro atoms. The lowest BCUT2D eigenvalue weighted by atomic mass is 10.1. The van der Waals surface area contributed by atoms with E-state index in [4.69, 9.17) is 9.84 Å². The summed E-state index contributed by atoms with van der Waals surface area (Å²) in [6.07, 6.45) is 0. The van der Waals surface area contributed by atoms with Crippen molar-refractivity contribution in [3.8, 4) is 5.75 Å². The number of carboxylic acids is 1. The van der Waals surface area contributed by atoms with E-state index < -0.39 is 21.9 Å². The van der Waals surface area contributed by atoms with Crippen LogP contribution in [0, 0.1) is 0 Å². The van der Waals surface area contributed by atoms with Gasteiger partial charge in [0.05, 0.1) is 17.6 Å². The van der Waals surface area contributed by atoms with Crippen LogP contribution in [-0.2, 0) is 10.0 Å². The van der Waals surface area contributed by atoms with Crippen LogP contribution in [0.1, 0.15) is 20.7 Å². The third-order valence-electron chi connectivity index (χ3n) is 4.12. The Hall–Kier alpha value is -3.85. The highest BCUT2D eigenvalue weighted by atomic mass is 32.2. The number of sulfonamides is 1. The second-order valence-electron chi connectivity index (χ2n) is 6.20. The normalized spacial score (nSPS) is 10.8. The zero-order valence-electron chi connectivity index (χ0n) is 15.8. The first-order valence-electron chi connectivity index (χ1n) is 8.70. The summed E-state index contributed by atoms with van der Waals surface area (Å²) in [5.74, 6) is -1.13. The number of methoxy groups -OCH3 is 1. The molecule has 0 saturated heterocycles. The minimum atomic E-state index is -3.88. The zero-order chi connectivity index (χ0) is 21.7. The van der Waals surface area contributed by atoms with Crippen molar-refractivity contribution in [2.45, 2.75) is 4.90 Å². The third kappa shape index (κ3) is 4.95. The van der Waals surface area contributed by atoms with Gasteiger partial charge in [-0.15, -0.1) is 0 Å². The van der Waals surface area contributed by atoms with E-state index in [1.54, 1.807) is 18.2 Å². The molecule has 0 aliphatic carbocycles. The molecular formula is C21H18N2O6S. The van der Waals surface area contributed by atoms with Crippen molar-refractivity contribution in [2.75, 3.05) is 17.1 Å². The van der Waals surface area contributed by atoms with Crippen molar-refractivity contribution in [1.82, 2.24) is 0 Å². The second kappa shape index (κ2) is 8.66. The number of anilines is 2. The lowest BCUT2D eigenvalue weighted by Crippen LogP contribution is -2.15. The van der Waals surface area contributed by atoms with Gasteiger partial charge in [-0.2, -0.15) is 0 Å². The van der Waals surface area contributed by atoms with E-state index in [2.05, 4.69) is 10.0 Å². The van der Waals surface area contributed by atoms with Crippen molar-refractivity contribution in [3.63, 3.8) is 0 Å². The molecule has 0 bridgehead atoms. The Kier molecular flexibility index (Phi) is 6.03. The average molecular weight is 426 g/mol. The van der Waals surface area contributed by atoms with Crippen LogP contribution in [0.4, 0.5) is 11.4 Å². The number of hydrogen-bond donors (Lipinski definition) is 3. The van der Waals surface area contributed by atoms with E-state index in [1.165, 1.54) is 61.7 Å². The minimum absolute atomic E-state index is 0.0234. The number of carboxylic acid groups (broad SMARTS) is 1. The molecule has 0 unspecified atom stereocenters. The zero-order valence-corrected chi connectivity index (χ0v) is 16.6. The smallest absolute Gasteiger partial charge is 0.335 e. The third-order valence-corrected chi connectivity index (χ3v) is 5.50. The molecule has 0 fully saturated rings. The SMILES string of the molecule is COc1cccc(S(=O)(=O)Nc2cccc(C(=O)Nc3ccc(C(=O)O)cc3)c2)c1. The van der Waals surface area contributed by atoms with Crippen molar-refractivity contribution >= 4 is 33.3 Å². The molecule has 0 aromatic heterocycles. The van der Waals surface area contributed by atoms with Crippen LogP contribution < -0.4 is 14.8 Å². The first-order chi connectivity index (χ1) is 14.3. The van der Waals surface area contributed by atoms with E-state index >= 15 is 0 Å². The van der Waals surface area contributed by atoms with Gasteiger partial charge in [0.15, 0.2) is 0 Å². The maximum atomic E-state index is 12.6. The number of carbonyl (C=O) groups excluding carboxylic acids is 1. The second-order valence-corrected chi connectivity index (χ2v) is 7.88. The Bertz CT molecular complexity index is 1190. The van der Waals surface area contributed by atoms with Crippen molar-refractivity contribution in [2.24, 2.45) is 0 Å². The summed E-state index contributed by atoms with van der Waals surface area (Å²) >= 11 is 0. The fourth-order valence-corrected chi connectivity index (χ4v) is 3.69. The number of rotatable bonds is 7. The molecule has 0 aliphatic rings. The molecule has 9 heteroatoms. The van der Waals surface area contributed by atoms with Crippen LogP contribution in [0.15, 0.2) is 77.7 Å². The summed E-state index contributed by atoms with van der Waals surface area (Å²) in [4.78, 5) is 23.4. The quantitative estimate of drug-likeness (QED) is 0.532. The molecule has 154 valence electrons. The van der Waals surface area contributed by atoms with Crippen molar-refractivity contribution < 1.29 is 27.9 Å². The Morgan fingerprint density at radius 3 is 2.23 bits per heavy atom. The molecule has 3 aromatic rings. The van der Waals surface area contributed by atoms with Gasteiger partial charge in [-0.1, -0.05) is 12.1 Å². The molecule has 0 atom stereocenters. The number of benzene rings is 3. The predicted molar refractivity (Wildman–Crippen MR) is 112 cm³/mol. The number of nitrogens with one attached hydrogen (secondary N) is 2. The highest BCUT2D eigenvalue weighted by Gasteiger charge is 2.16. The highest BCUT2D eigenvalue weighted by Crippen LogP contribution is 2.21. The molecule has 0 radical (unpaired) electrons. The molecule has 3 N–H and O–H groups in total. The molecule has 3 rings (SSSR count). The summed E-state index contributed by atoms with van der Waals surface area (Å²) in [6, 6.07) is 17.7. The summed E-state index contributed by atoms with van der Waals surface area (Å²) in [5.41, 5.74) is 0.948. The monoisotopic (exact) mass is 426 g/mol. The van der Waals surface area contributed by atoms with Crippen molar-refractivity contribution in [3.05, 3.63) is 83.9 Å². The lowest BCUT2D eigenvalue weighted by molar-refractivity contribution is 0.0696. The van der Waals surface area contributed by atoms with Crippen LogP contribution >= 0.6 is 0 Å². The van der Waals surface area contributed by atoms with Gasteiger partial charge in [0.1, 0.15) is 5.75 Å². The van der Waals surface area contributed by atoms with Gasteiger partial charge in [-0.05, 0) is 54.6 Å². The van der Waals surface area contributed by atoms with Gasteiger partial charge < -0.3 is 15.2 Å². The largest absolute Gasteiger partial charge is 0.497 e. The van der Waals surface area contributed by atoms with Crippen LogP contribution in [0.2, 0.25) is 0 Å².